The largest absolute Gasteiger partial charge is 0.465 e. The molecule has 4 heterocycles. The molecule has 1 atom stereocenters. The van der Waals surface area contributed by atoms with E-state index >= 15 is 0 Å². The minimum atomic E-state index is 0.165. The highest BCUT2D eigenvalue weighted by Gasteiger charge is 2.25. The molecule has 2 aliphatic heterocycles. The van der Waals surface area contributed by atoms with Crippen LogP contribution in [0.2, 0.25) is 0 Å². The summed E-state index contributed by atoms with van der Waals surface area (Å²) < 4.78 is 11.4. The van der Waals surface area contributed by atoms with Crippen molar-refractivity contribution in [1.82, 2.24) is 14.9 Å². The van der Waals surface area contributed by atoms with E-state index in [2.05, 4.69) is 37.2 Å². The van der Waals surface area contributed by atoms with Gasteiger partial charge in [-0.2, -0.15) is 0 Å². The maximum Gasteiger partial charge on any atom is 0.134 e. The van der Waals surface area contributed by atoms with Crippen LogP contribution in [0.3, 0.4) is 0 Å². The maximum absolute atomic E-state index is 5.93. The first-order valence-corrected chi connectivity index (χ1v) is 9.48. The molecule has 0 bridgehead atoms. The zero-order valence-corrected chi connectivity index (χ0v) is 15.4. The van der Waals surface area contributed by atoms with Crippen LogP contribution in [0, 0.1) is 6.92 Å². The molecule has 2 aromatic rings. The Bertz CT molecular complexity index is 707. The lowest BCUT2D eigenvalue weighted by Crippen LogP contribution is -2.41. The van der Waals surface area contributed by atoms with E-state index in [0.29, 0.717) is 0 Å². The second-order valence-corrected chi connectivity index (χ2v) is 6.95. The first-order chi connectivity index (χ1) is 12.8. The maximum atomic E-state index is 5.93. The highest BCUT2D eigenvalue weighted by molar-refractivity contribution is 5.49. The van der Waals surface area contributed by atoms with Gasteiger partial charge < -0.3 is 19.4 Å². The van der Waals surface area contributed by atoms with Crippen molar-refractivity contribution < 1.29 is 9.15 Å². The average molecular weight is 357 g/mol. The van der Waals surface area contributed by atoms with Crippen molar-refractivity contribution in [1.29, 1.82) is 0 Å². The van der Waals surface area contributed by atoms with E-state index in [1.807, 2.05) is 13.0 Å². The van der Waals surface area contributed by atoms with Crippen LogP contribution < -0.4 is 10.2 Å². The Labute approximate surface area is 154 Å². The van der Waals surface area contributed by atoms with Crippen molar-refractivity contribution >= 4 is 11.6 Å². The van der Waals surface area contributed by atoms with E-state index in [1.54, 1.807) is 6.33 Å². The number of rotatable bonds is 6. The molecule has 2 aromatic heterocycles. The van der Waals surface area contributed by atoms with Gasteiger partial charge in [-0.15, -0.1) is 0 Å². The zero-order chi connectivity index (χ0) is 17.8. The van der Waals surface area contributed by atoms with Gasteiger partial charge in [-0.05, 0) is 31.9 Å². The Morgan fingerprint density at radius 2 is 1.92 bits per heavy atom. The van der Waals surface area contributed by atoms with Gasteiger partial charge >= 0.3 is 0 Å². The first kappa shape index (κ1) is 17.3. The van der Waals surface area contributed by atoms with Crippen LogP contribution in [0.15, 0.2) is 28.9 Å². The number of ether oxygens (including phenoxy) is 1. The fraction of sp³-hybridized carbons (Fsp3) is 0.579. The van der Waals surface area contributed by atoms with Crippen LogP contribution >= 0.6 is 0 Å². The molecular weight excluding hydrogens is 330 g/mol. The monoisotopic (exact) mass is 357 g/mol. The van der Waals surface area contributed by atoms with Crippen LogP contribution in [0.1, 0.15) is 30.4 Å². The summed E-state index contributed by atoms with van der Waals surface area (Å²) in [5.74, 6) is 3.81. The number of morpholine rings is 1. The molecular formula is C19H27N5O2. The lowest BCUT2D eigenvalue weighted by Gasteiger charge is -2.33. The molecule has 2 fully saturated rings. The molecule has 0 aromatic carbocycles. The predicted octanol–water partition coefficient (Wildman–Crippen LogP) is 2.46. The van der Waals surface area contributed by atoms with Crippen LogP contribution in [-0.4, -0.2) is 60.8 Å². The number of aromatic nitrogens is 2. The number of hydrogen-bond acceptors (Lipinski definition) is 7. The highest BCUT2D eigenvalue weighted by Crippen LogP contribution is 2.25. The molecule has 0 aliphatic carbocycles. The normalized spacial score (nSPS) is 19.7. The Hall–Kier alpha value is -2.12. The number of hydrogen-bond donors (Lipinski definition) is 1. The third-order valence-corrected chi connectivity index (χ3v) is 5.14. The third-order valence-electron chi connectivity index (χ3n) is 5.14. The summed E-state index contributed by atoms with van der Waals surface area (Å²) in [4.78, 5) is 13.6. The van der Waals surface area contributed by atoms with Gasteiger partial charge in [-0.3, -0.25) is 4.90 Å². The van der Waals surface area contributed by atoms with E-state index in [0.717, 1.165) is 69.1 Å². The minimum Gasteiger partial charge on any atom is -0.465 e. The summed E-state index contributed by atoms with van der Waals surface area (Å²) in [5.41, 5.74) is 0. The van der Waals surface area contributed by atoms with Crippen molar-refractivity contribution in [3.05, 3.63) is 36.0 Å². The SMILES string of the molecule is Cc1ccc(C(CNc2cc(N3CCCC3)ncn2)N2CCOCC2)o1. The summed E-state index contributed by atoms with van der Waals surface area (Å²) >= 11 is 0. The lowest BCUT2D eigenvalue weighted by molar-refractivity contribution is 0.0143. The Morgan fingerprint density at radius 3 is 2.65 bits per heavy atom. The number of nitrogens with zero attached hydrogens (tertiary/aromatic N) is 4. The molecule has 7 nitrogen and oxygen atoms in total. The second kappa shape index (κ2) is 8.05. The number of anilines is 2. The lowest BCUT2D eigenvalue weighted by atomic mass is 10.1. The van der Waals surface area contributed by atoms with E-state index in [9.17, 15) is 0 Å². The van der Waals surface area contributed by atoms with Gasteiger partial charge in [0, 0.05) is 38.8 Å². The highest BCUT2D eigenvalue weighted by atomic mass is 16.5. The quantitative estimate of drug-likeness (QED) is 0.852. The molecule has 0 amide bonds. The standard InChI is InChI=1S/C19H27N5O2/c1-15-4-5-17(26-15)16(23-8-10-25-11-9-23)13-20-18-12-19(22-14-21-18)24-6-2-3-7-24/h4-5,12,14,16H,2-3,6-11,13H2,1H3,(H,20,21,22). The van der Waals surface area contributed by atoms with E-state index < -0.39 is 0 Å². The molecule has 1 unspecified atom stereocenters. The fourth-order valence-electron chi connectivity index (χ4n) is 3.70. The van der Waals surface area contributed by atoms with Crippen molar-refractivity contribution in [3.63, 3.8) is 0 Å². The minimum absolute atomic E-state index is 0.165. The van der Waals surface area contributed by atoms with Crippen LogP contribution in [0.25, 0.3) is 0 Å². The second-order valence-electron chi connectivity index (χ2n) is 6.95. The summed E-state index contributed by atoms with van der Waals surface area (Å²) in [6.07, 6.45) is 4.13. The molecule has 140 valence electrons. The topological polar surface area (TPSA) is 66.7 Å². The molecule has 2 saturated heterocycles. The molecule has 7 heteroatoms. The van der Waals surface area contributed by atoms with Crippen molar-refractivity contribution in [2.24, 2.45) is 0 Å². The summed E-state index contributed by atoms with van der Waals surface area (Å²) in [6.45, 7) is 8.25. The van der Waals surface area contributed by atoms with Crippen molar-refractivity contribution in [3.8, 4) is 0 Å². The molecule has 26 heavy (non-hydrogen) atoms. The Balaban J connectivity index is 1.46. The van der Waals surface area contributed by atoms with Gasteiger partial charge in [-0.25, -0.2) is 9.97 Å². The number of nitrogens with one attached hydrogen (secondary N) is 1. The van der Waals surface area contributed by atoms with Gasteiger partial charge in [0.15, 0.2) is 0 Å². The van der Waals surface area contributed by atoms with Crippen LogP contribution in [0.5, 0.6) is 0 Å². The molecule has 1 N–H and O–H groups in total. The third kappa shape index (κ3) is 3.99. The molecule has 0 radical (unpaired) electrons. The molecule has 0 saturated carbocycles. The van der Waals surface area contributed by atoms with E-state index in [1.165, 1.54) is 12.8 Å². The Morgan fingerprint density at radius 1 is 1.12 bits per heavy atom. The van der Waals surface area contributed by atoms with E-state index in [-0.39, 0.29) is 6.04 Å². The molecule has 2 aliphatic rings. The number of aryl methyl sites for hydroxylation is 1. The summed E-state index contributed by atoms with van der Waals surface area (Å²) in [6, 6.07) is 6.32. The number of furan rings is 1. The van der Waals surface area contributed by atoms with Gasteiger partial charge in [0.05, 0.1) is 19.3 Å². The van der Waals surface area contributed by atoms with Crippen LogP contribution in [0.4, 0.5) is 11.6 Å². The predicted molar refractivity (Wildman–Crippen MR) is 101 cm³/mol. The van der Waals surface area contributed by atoms with E-state index in [4.69, 9.17) is 9.15 Å². The van der Waals surface area contributed by atoms with Gasteiger partial charge in [0.2, 0.25) is 0 Å². The van der Waals surface area contributed by atoms with Gasteiger partial charge in [0.1, 0.15) is 29.5 Å². The average Bonchev–Trinajstić information content (AvgIpc) is 3.35. The Kier molecular flexibility index (Phi) is 5.36. The smallest absolute Gasteiger partial charge is 0.134 e. The van der Waals surface area contributed by atoms with Crippen molar-refractivity contribution in [2.75, 3.05) is 56.2 Å². The van der Waals surface area contributed by atoms with Gasteiger partial charge in [-0.1, -0.05) is 0 Å². The summed E-state index contributed by atoms with van der Waals surface area (Å²) in [5, 5.41) is 3.49. The molecule has 0 spiro atoms. The van der Waals surface area contributed by atoms with Gasteiger partial charge in [0.25, 0.3) is 0 Å². The van der Waals surface area contributed by atoms with Crippen molar-refractivity contribution in [2.45, 2.75) is 25.8 Å². The summed E-state index contributed by atoms with van der Waals surface area (Å²) in [7, 11) is 0. The zero-order valence-electron chi connectivity index (χ0n) is 15.4. The fourth-order valence-corrected chi connectivity index (χ4v) is 3.70. The first-order valence-electron chi connectivity index (χ1n) is 9.48. The molecule has 4 rings (SSSR count). The van der Waals surface area contributed by atoms with Crippen LogP contribution in [-0.2, 0) is 4.74 Å².